The first-order valence-electron chi connectivity index (χ1n) is 12.4. The Morgan fingerprint density at radius 1 is 0.949 bits per heavy atom. The van der Waals surface area contributed by atoms with Gasteiger partial charge in [0.15, 0.2) is 9.84 Å². The van der Waals surface area contributed by atoms with E-state index in [1.165, 1.54) is 36.4 Å². The lowest BCUT2D eigenvalue weighted by Crippen LogP contribution is -2.23. The van der Waals surface area contributed by atoms with E-state index in [1.54, 1.807) is 6.07 Å². The highest BCUT2D eigenvalue weighted by Crippen LogP contribution is 2.26. The summed E-state index contributed by atoms with van der Waals surface area (Å²) in [4.78, 5) is 30.3. The zero-order valence-corrected chi connectivity index (χ0v) is 22.8. The third-order valence-corrected chi connectivity index (χ3v) is 7.08. The molecule has 0 amide bonds. The molecule has 0 unspecified atom stereocenters. The topological polar surface area (TPSA) is 133 Å². The summed E-state index contributed by atoms with van der Waals surface area (Å²) in [5.74, 6) is -1.55. The molecule has 3 aromatic rings. The van der Waals surface area contributed by atoms with E-state index in [0.29, 0.717) is 42.7 Å². The van der Waals surface area contributed by atoms with Gasteiger partial charge in [-0.3, -0.25) is 4.79 Å². The molecule has 1 aromatic heterocycles. The fraction of sp³-hybridized carbons (Fsp3) is 0.357. The van der Waals surface area contributed by atoms with E-state index in [1.807, 2.05) is 20.8 Å². The highest BCUT2D eigenvalue weighted by Gasteiger charge is 2.18. The van der Waals surface area contributed by atoms with Crippen LogP contribution in [0.3, 0.4) is 0 Å². The van der Waals surface area contributed by atoms with Crippen LogP contribution >= 0.6 is 0 Å². The molecule has 2 aromatic carbocycles. The van der Waals surface area contributed by atoms with E-state index in [9.17, 15) is 22.4 Å². The van der Waals surface area contributed by atoms with Crippen molar-refractivity contribution >= 4 is 21.8 Å². The number of aromatic carboxylic acids is 1. The standard InChI is InChI=1S/C28H31FN2O7S/c1-28(2,3)38-26(32)8-6-4-5-7-19-15-22(11-14-24(19)29)37-21-9-12-23(13-10-21)39(35,36)18-25-30-16-20(17-31-25)27(33)34/h9-17H,4-8,18H2,1-3H3,(H,33,34). The van der Waals surface area contributed by atoms with Gasteiger partial charge in [0.1, 0.15) is 34.5 Å². The van der Waals surface area contributed by atoms with Crippen LogP contribution in [0.2, 0.25) is 0 Å². The van der Waals surface area contributed by atoms with E-state index in [2.05, 4.69) is 9.97 Å². The van der Waals surface area contributed by atoms with Gasteiger partial charge in [0, 0.05) is 18.8 Å². The number of carbonyl (C=O) groups excluding carboxylic acids is 1. The van der Waals surface area contributed by atoms with Gasteiger partial charge in [-0.2, -0.15) is 0 Å². The Kier molecular flexibility index (Phi) is 9.74. The predicted octanol–water partition coefficient (Wildman–Crippen LogP) is 5.52. The molecular formula is C28H31FN2O7S. The maximum absolute atomic E-state index is 14.3. The summed E-state index contributed by atoms with van der Waals surface area (Å²) in [6.45, 7) is 5.46. The molecule has 0 spiro atoms. The average Bonchev–Trinajstić information content (AvgIpc) is 2.85. The summed E-state index contributed by atoms with van der Waals surface area (Å²) in [7, 11) is -3.78. The number of aryl methyl sites for hydroxylation is 1. The lowest BCUT2D eigenvalue weighted by Gasteiger charge is -2.19. The fourth-order valence-electron chi connectivity index (χ4n) is 3.60. The van der Waals surface area contributed by atoms with E-state index in [0.717, 1.165) is 18.8 Å². The van der Waals surface area contributed by atoms with Crippen LogP contribution in [0.4, 0.5) is 4.39 Å². The molecule has 39 heavy (non-hydrogen) atoms. The van der Waals surface area contributed by atoms with Gasteiger partial charge in [0.25, 0.3) is 0 Å². The highest BCUT2D eigenvalue weighted by molar-refractivity contribution is 7.90. The minimum absolute atomic E-state index is 0.0203. The van der Waals surface area contributed by atoms with Crippen LogP contribution in [-0.4, -0.2) is 41.0 Å². The Bertz CT molecular complexity index is 1400. The molecule has 1 heterocycles. The zero-order chi connectivity index (χ0) is 28.6. The molecule has 0 radical (unpaired) electrons. The maximum atomic E-state index is 14.3. The van der Waals surface area contributed by atoms with Crippen molar-refractivity contribution in [2.45, 2.75) is 69.1 Å². The molecule has 208 valence electrons. The number of unbranched alkanes of at least 4 members (excludes halogenated alkanes) is 2. The minimum Gasteiger partial charge on any atom is -0.478 e. The van der Waals surface area contributed by atoms with E-state index in [-0.39, 0.29) is 28.1 Å². The van der Waals surface area contributed by atoms with Crippen LogP contribution in [-0.2, 0) is 31.5 Å². The number of aromatic nitrogens is 2. The lowest BCUT2D eigenvalue weighted by molar-refractivity contribution is -0.154. The van der Waals surface area contributed by atoms with Crippen LogP contribution in [0.5, 0.6) is 11.5 Å². The maximum Gasteiger partial charge on any atom is 0.338 e. The Labute approximate surface area is 226 Å². The molecular weight excluding hydrogens is 527 g/mol. The number of esters is 1. The van der Waals surface area contributed by atoms with Crippen molar-refractivity contribution in [3.8, 4) is 11.5 Å². The number of benzene rings is 2. The smallest absolute Gasteiger partial charge is 0.338 e. The van der Waals surface area contributed by atoms with Crippen LogP contribution in [0, 0.1) is 5.82 Å². The third kappa shape index (κ3) is 9.43. The van der Waals surface area contributed by atoms with Crippen molar-refractivity contribution < 1.29 is 37.0 Å². The molecule has 0 aliphatic heterocycles. The third-order valence-electron chi connectivity index (χ3n) is 5.45. The van der Waals surface area contributed by atoms with Crippen molar-refractivity contribution in [3.05, 3.63) is 77.6 Å². The number of rotatable bonds is 12. The number of carboxylic acids is 1. The summed E-state index contributed by atoms with van der Waals surface area (Å²) in [6.07, 6.45) is 4.99. The van der Waals surface area contributed by atoms with Gasteiger partial charge >= 0.3 is 11.9 Å². The highest BCUT2D eigenvalue weighted by atomic mass is 32.2. The van der Waals surface area contributed by atoms with Crippen LogP contribution in [0.1, 0.15) is 68.2 Å². The summed E-state index contributed by atoms with van der Waals surface area (Å²) in [5, 5.41) is 8.91. The second-order valence-electron chi connectivity index (χ2n) is 9.93. The van der Waals surface area contributed by atoms with Crippen molar-refractivity contribution in [2.75, 3.05) is 0 Å². The van der Waals surface area contributed by atoms with Crippen molar-refractivity contribution in [2.24, 2.45) is 0 Å². The minimum atomic E-state index is -3.78. The molecule has 0 aliphatic rings. The molecule has 0 bridgehead atoms. The first-order chi connectivity index (χ1) is 18.3. The Morgan fingerprint density at radius 3 is 2.21 bits per heavy atom. The zero-order valence-electron chi connectivity index (χ0n) is 22.0. The van der Waals surface area contributed by atoms with Crippen molar-refractivity contribution in [1.29, 1.82) is 0 Å². The molecule has 0 atom stereocenters. The van der Waals surface area contributed by atoms with E-state index in [4.69, 9.17) is 14.6 Å². The van der Waals surface area contributed by atoms with Crippen molar-refractivity contribution in [3.63, 3.8) is 0 Å². The molecule has 0 aliphatic carbocycles. The number of nitrogens with zero attached hydrogens (tertiary/aromatic N) is 2. The monoisotopic (exact) mass is 558 g/mol. The number of hydrogen-bond acceptors (Lipinski definition) is 8. The first kappa shape index (κ1) is 29.7. The lowest BCUT2D eigenvalue weighted by atomic mass is 10.1. The molecule has 11 heteroatoms. The number of hydrogen-bond donors (Lipinski definition) is 1. The Balaban J connectivity index is 1.55. The van der Waals surface area contributed by atoms with E-state index >= 15 is 0 Å². The Hall–Kier alpha value is -3.86. The van der Waals surface area contributed by atoms with Gasteiger partial charge < -0.3 is 14.6 Å². The normalized spacial score (nSPS) is 11.7. The van der Waals surface area contributed by atoms with Gasteiger partial charge in [0.05, 0.1) is 10.5 Å². The summed E-state index contributed by atoms with van der Waals surface area (Å²) in [6, 6.07) is 10.1. The summed E-state index contributed by atoms with van der Waals surface area (Å²) < 4.78 is 50.8. The van der Waals surface area contributed by atoms with Gasteiger partial charge in [-0.25, -0.2) is 27.6 Å². The quantitative estimate of drug-likeness (QED) is 0.225. The number of carboxylic acid groups (broad SMARTS) is 1. The fourth-order valence-corrected chi connectivity index (χ4v) is 4.81. The van der Waals surface area contributed by atoms with Crippen LogP contribution in [0.25, 0.3) is 0 Å². The van der Waals surface area contributed by atoms with Gasteiger partial charge in [-0.05, 0) is 88.1 Å². The summed E-state index contributed by atoms with van der Waals surface area (Å²) in [5.41, 5.74) is -0.167. The second kappa shape index (κ2) is 12.8. The van der Waals surface area contributed by atoms with Crippen LogP contribution in [0.15, 0.2) is 59.8 Å². The molecule has 3 rings (SSSR count). The van der Waals surface area contributed by atoms with Gasteiger partial charge in [-0.1, -0.05) is 6.42 Å². The predicted molar refractivity (Wildman–Crippen MR) is 141 cm³/mol. The Morgan fingerprint density at radius 2 is 1.59 bits per heavy atom. The molecule has 9 nitrogen and oxygen atoms in total. The van der Waals surface area contributed by atoms with Crippen LogP contribution < -0.4 is 4.74 Å². The molecule has 1 N–H and O–H groups in total. The first-order valence-corrected chi connectivity index (χ1v) is 14.0. The second-order valence-corrected chi connectivity index (χ2v) is 11.9. The molecule has 0 saturated carbocycles. The van der Waals surface area contributed by atoms with Crippen molar-refractivity contribution in [1.82, 2.24) is 9.97 Å². The number of sulfone groups is 1. The number of ether oxygens (including phenoxy) is 2. The summed E-state index contributed by atoms with van der Waals surface area (Å²) >= 11 is 0. The molecule has 0 saturated heterocycles. The molecule has 0 fully saturated rings. The SMILES string of the molecule is CC(C)(C)OC(=O)CCCCCc1cc(Oc2ccc(S(=O)(=O)Cc3ncc(C(=O)O)cn3)cc2)ccc1F. The van der Waals surface area contributed by atoms with Gasteiger partial charge in [0.2, 0.25) is 0 Å². The average molecular weight is 559 g/mol. The number of halogens is 1. The largest absolute Gasteiger partial charge is 0.478 e. The van der Waals surface area contributed by atoms with E-state index < -0.39 is 27.2 Å². The van der Waals surface area contributed by atoms with Gasteiger partial charge in [-0.15, -0.1) is 0 Å². The number of carbonyl (C=O) groups is 2.